The number of carbonyl (C=O) groups excluding carboxylic acids is 3. The van der Waals surface area contributed by atoms with Crippen molar-refractivity contribution in [2.24, 2.45) is 11.8 Å². The Morgan fingerprint density at radius 3 is 0.918 bits per heavy atom. The largest absolute Gasteiger partial charge is 0.512 e. The fourth-order valence-electron chi connectivity index (χ4n) is 22.4. The van der Waals surface area contributed by atoms with Gasteiger partial charge in [-0.15, -0.1) is 88.0 Å². The predicted octanol–water partition coefficient (Wildman–Crippen LogP) is 35.0. The first-order valence-corrected chi connectivity index (χ1v) is 49.7. The summed E-state index contributed by atoms with van der Waals surface area (Å²) in [6.07, 6.45) is 11.7. The number of nitrogens with zero attached hydrogens (tertiary/aromatic N) is 3. The summed E-state index contributed by atoms with van der Waals surface area (Å²) in [7, 11) is 0. The maximum Gasteiger partial charge on any atom is 0.155 e. The van der Waals surface area contributed by atoms with Crippen LogP contribution in [0, 0.1) is 30.0 Å². The minimum absolute atomic E-state index is 0. The summed E-state index contributed by atoms with van der Waals surface area (Å²) in [6, 6.07) is 119. The third kappa shape index (κ3) is 20.3. The van der Waals surface area contributed by atoms with E-state index < -0.39 is 0 Å². The summed E-state index contributed by atoms with van der Waals surface area (Å²) < 4.78 is 0. The molecule has 9 nitrogen and oxygen atoms in total. The maximum absolute atomic E-state index is 10.0. The topological polar surface area (TPSA) is 151 Å². The SMILES string of the molecule is CC(=O)C=C(C)O.CC(=O)C=C(C)O.CC(=O)C=C(C)O.CC(C)Cc1ccc2cnc(-c3[c-]cc4c(c3)-c3ccc5c6ccccc6c6ccccc6c5c3C4(C)C)cc2c1.CC(C)Cc1ccc2cnc(-c3[c-]cc4c(c3)C(C)(C)c3cc5c6ccccc6c6ccccc6c5cc3-4)cc2c1.CC(C)c1ccc2cnc(-c3[c-]cc4c(c3)-c3ccc5c6ccccc6c6ccccc6c5c3C4(C)C)cc2c1.[Ir].[Ir].[Ir]. The predicted molar refractivity (Wildman–Crippen MR) is 601 cm³/mol. The van der Waals surface area contributed by atoms with Gasteiger partial charge in [0.2, 0.25) is 0 Å². The Morgan fingerprint density at radius 2 is 0.582 bits per heavy atom. The van der Waals surface area contributed by atoms with Crippen molar-refractivity contribution < 1.29 is 90.0 Å². The van der Waals surface area contributed by atoms with Crippen molar-refractivity contribution >= 4 is 147 Å². The summed E-state index contributed by atoms with van der Waals surface area (Å²) in [4.78, 5) is 44.7. The molecule has 3 aromatic heterocycles. The van der Waals surface area contributed by atoms with Gasteiger partial charge in [-0.3, -0.25) is 14.4 Å². The van der Waals surface area contributed by atoms with Gasteiger partial charge in [0.25, 0.3) is 0 Å². The zero-order valence-electron chi connectivity index (χ0n) is 85.7. The standard InChI is InChI=1S/2C40H32N.C39H30N.3C5H8O2.3Ir/c1-24(2)17-25-13-14-27-23-41-39(20-28(27)18-25)26-15-16-33-36-21-34-31-11-7-5-9-29(31)30-10-6-8-12-32(30)35(34)22-38(36)40(3,4)37(33)19-26;1-24(2)19-25-13-14-27-23-41-37(22-28(27)20-25)26-15-18-36-35(21-26)34-17-16-33-31-11-6-5-9-29(31)30-10-7-8-12-32(30)38(33)39(34)40(36,3)4;1-23(2)24-13-14-26-22-40-36(21-27(26)19-24)25-15-18-35-34(20-25)33-17-16-32-30-11-6-5-9-28(30)29-10-7-8-12-31(29)37(32)38(33)39(35,3)4;3*1-4(6)3-5(2)7;;;/h5-14,16,18-24H,17H2,1-4H3;5-14,16-18,20-24H,19H2,1-4H3;5-14,16-23H,1-4H3;3*3,6H,1-2H3;;;/q3*-1;;;;;;. The fraction of sp³-hybridized carbons (Fsp3) is 0.194. The van der Waals surface area contributed by atoms with Crippen molar-refractivity contribution in [2.45, 2.75) is 160 Å². The van der Waals surface area contributed by atoms with Crippen molar-refractivity contribution in [1.82, 2.24) is 15.0 Å². The number of rotatable bonds is 11. The van der Waals surface area contributed by atoms with E-state index in [2.05, 4.69) is 392 Å². The number of benzene rings is 18. The van der Waals surface area contributed by atoms with Crippen LogP contribution < -0.4 is 0 Å². The molecule has 0 aliphatic heterocycles. The van der Waals surface area contributed by atoms with E-state index in [0.29, 0.717) is 17.8 Å². The van der Waals surface area contributed by atoms with Gasteiger partial charge in [-0.25, -0.2) is 0 Å². The van der Waals surface area contributed by atoms with Crippen LogP contribution in [0.2, 0.25) is 0 Å². The van der Waals surface area contributed by atoms with Gasteiger partial charge >= 0.3 is 0 Å². The van der Waals surface area contributed by atoms with E-state index in [4.69, 9.17) is 30.3 Å². The Hall–Kier alpha value is -13.9. The third-order valence-corrected chi connectivity index (χ3v) is 28.7. The number of allylic oxidation sites excluding steroid dienone is 6. The van der Waals surface area contributed by atoms with Crippen molar-refractivity contribution in [1.29, 1.82) is 0 Å². The molecule has 0 spiro atoms. The first kappa shape index (κ1) is 105. The second-order valence-corrected chi connectivity index (χ2v) is 41.7. The van der Waals surface area contributed by atoms with E-state index >= 15 is 0 Å². The number of aromatic nitrogens is 3. The molecule has 3 aliphatic carbocycles. The van der Waals surface area contributed by atoms with Crippen molar-refractivity contribution in [3.63, 3.8) is 0 Å². The third-order valence-electron chi connectivity index (χ3n) is 28.7. The number of hydrogen-bond donors (Lipinski definition) is 3. The molecule has 0 unspecified atom stereocenters. The molecule has 18 aromatic carbocycles. The molecule has 3 heterocycles. The molecule has 12 heteroatoms. The van der Waals surface area contributed by atoms with Gasteiger partial charge in [-0.1, -0.05) is 354 Å². The molecule has 146 heavy (non-hydrogen) atoms. The first-order chi connectivity index (χ1) is 68.6. The van der Waals surface area contributed by atoms with E-state index in [1.165, 1.54) is 272 Å². The van der Waals surface area contributed by atoms with E-state index in [1.54, 1.807) is 0 Å². The Balaban J connectivity index is 0.000000141. The normalized spacial score (nSPS) is 13.3. The zero-order valence-corrected chi connectivity index (χ0v) is 92.9. The van der Waals surface area contributed by atoms with Gasteiger partial charge < -0.3 is 30.3 Å². The van der Waals surface area contributed by atoms with Crippen LogP contribution in [0.1, 0.15) is 181 Å². The zero-order chi connectivity index (χ0) is 101. The average molecular weight is 2440 g/mol. The molecule has 3 N–H and O–H groups in total. The van der Waals surface area contributed by atoms with Gasteiger partial charge in [0.15, 0.2) is 17.3 Å². The van der Waals surface area contributed by atoms with Gasteiger partial charge in [0.1, 0.15) is 0 Å². The molecule has 0 atom stereocenters. The molecule has 0 amide bonds. The van der Waals surface area contributed by atoms with Gasteiger partial charge in [0.05, 0.1) is 17.3 Å². The van der Waals surface area contributed by atoms with Crippen LogP contribution in [0.4, 0.5) is 0 Å². The molecule has 3 aliphatic rings. The minimum Gasteiger partial charge on any atom is -0.512 e. The van der Waals surface area contributed by atoms with E-state index in [0.717, 1.165) is 46.6 Å². The van der Waals surface area contributed by atoms with Crippen molar-refractivity contribution in [2.75, 3.05) is 0 Å². The second-order valence-electron chi connectivity index (χ2n) is 41.7. The first-order valence-electron chi connectivity index (χ1n) is 49.7. The summed E-state index contributed by atoms with van der Waals surface area (Å²) in [5, 5.41) is 56.2. The summed E-state index contributed by atoms with van der Waals surface area (Å²) >= 11 is 0. The second kappa shape index (κ2) is 42.7. The Morgan fingerprint density at radius 1 is 0.288 bits per heavy atom. The number of carbonyl (C=O) groups is 3. The van der Waals surface area contributed by atoms with E-state index in [-0.39, 0.29) is 111 Å². The molecule has 0 saturated heterocycles. The molecule has 735 valence electrons. The summed E-state index contributed by atoms with van der Waals surface area (Å²) in [5.41, 5.74) is 25.9. The van der Waals surface area contributed by atoms with E-state index in [1.807, 2.05) is 18.6 Å². The number of aliphatic hydroxyl groups is 3. The molecular formula is C134H118Ir3N3O6-3. The van der Waals surface area contributed by atoms with Crippen LogP contribution >= 0.6 is 0 Å². The van der Waals surface area contributed by atoms with Crippen molar-refractivity contribution in [3.8, 4) is 67.2 Å². The number of hydrogen-bond acceptors (Lipinski definition) is 9. The Kier molecular flexibility index (Phi) is 30.7. The molecule has 24 rings (SSSR count). The smallest absolute Gasteiger partial charge is 0.155 e. The Labute approximate surface area is 896 Å². The van der Waals surface area contributed by atoms with Crippen LogP contribution in [0.3, 0.4) is 0 Å². The minimum atomic E-state index is -0.146. The van der Waals surface area contributed by atoms with Crippen LogP contribution in [-0.4, -0.2) is 47.6 Å². The molecule has 0 fully saturated rings. The van der Waals surface area contributed by atoms with Crippen LogP contribution in [0.15, 0.2) is 345 Å². The molecule has 0 saturated carbocycles. The van der Waals surface area contributed by atoms with Gasteiger partial charge in [-0.2, -0.15) is 0 Å². The maximum atomic E-state index is 10.0. The fourth-order valence-corrected chi connectivity index (χ4v) is 22.4. The van der Waals surface area contributed by atoms with Gasteiger partial charge in [0, 0.05) is 97.1 Å². The quantitative estimate of drug-likeness (QED) is 0.0498. The van der Waals surface area contributed by atoms with Crippen molar-refractivity contribution in [3.05, 3.63) is 414 Å². The summed E-state index contributed by atoms with van der Waals surface area (Å²) in [5.74, 6) is 1.57. The van der Waals surface area contributed by atoms with Crippen LogP contribution in [0.5, 0.6) is 0 Å². The monoisotopic (exact) mass is 2440 g/mol. The number of aliphatic hydroxyl groups excluding tert-OH is 3. The Bertz CT molecular complexity index is 8770. The van der Waals surface area contributed by atoms with Gasteiger partial charge in [-0.05, 0) is 285 Å². The van der Waals surface area contributed by atoms with Crippen LogP contribution in [-0.2, 0) is 104 Å². The number of pyridine rings is 3. The number of ketones is 3. The molecule has 3 radical (unpaired) electrons. The summed E-state index contributed by atoms with van der Waals surface area (Å²) in [6.45, 7) is 36.3. The average Bonchev–Trinajstić information content (AvgIpc) is 1.23. The molecule has 21 aromatic rings. The molecule has 0 bridgehead atoms. The van der Waals surface area contributed by atoms with E-state index in [9.17, 15) is 14.4 Å². The molecular weight excluding hydrogens is 2320 g/mol. The number of fused-ring (bicyclic) bond motifs is 32. The van der Waals surface area contributed by atoms with Crippen LogP contribution in [0.25, 0.3) is 196 Å².